The quantitative estimate of drug-likeness (QED) is 0.554. The van der Waals surface area contributed by atoms with E-state index in [9.17, 15) is 19.8 Å². The summed E-state index contributed by atoms with van der Waals surface area (Å²) in [7, 11) is 0. The molecule has 0 amide bonds. The lowest BCUT2D eigenvalue weighted by molar-refractivity contribution is -0.160. The smallest absolute Gasteiger partial charge is 0.183 e. The average Bonchev–Trinajstić information content (AvgIpc) is 3.11. The Balaban J connectivity index is 1.35. The average molecular weight is 481 g/mol. The van der Waals surface area contributed by atoms with E-state index in [0.29, 0.717) is 48.4 Å². The van der Waals surface area contributed by atoms with E-state index in [-0.39, 0.29) is 29.3 Å². The molecule has 0 aromatic carbocycles. The predicted molar refractivity (Wildman–Crippen MR) is 135 cm³/mol. The van der Waals surface area contributed by atoms with Crippen molar-refractivity contribution in [2.75, 3.05) is 11.9 Å². The maximum absolute atomic E-state index is 13.6. The van der Waals surface area contributed by atoms with Crippen molar-refractivity contribution in [3.05, 3.63) is 29.1 Å². The molecule has 0 bridgehead atoms. The van der Waals surface area contributed by atoms with Gasteiger partial charge >= 0.3 is 0 Å². The lowest BCUT2D eigenvalue weighted by Gasteiger charge is -2.58. The zero-order chi connectivity index (χ0) is 25.2. The number of rotatable bonds is 5. The van der Waals surface area contributed by atoms with Gasteiger partial charge < -0.3 is 15.5 Å². The van der Waals surface area contributed by atoms with Crippen LogP contribution in [0.5, 0.6) is 5.75 Å². The molecule has 6 unspecified atom stereocenters. The van der Waals surface area contributed by atoms with Crippen molar-refractivity contribution >= 4 is 17.3 Å². The first-order valence-corrected chi connectivity index (χ1v) is 13.5. The third-order valence-electron chi connectivity index (χ3n) is 10.5. The molecule has 190 valence electrons. The molecule has 0 aliphatic heterocycles. The van der Waals surface area contributed by atoms with Crippen LogP contribution in [0, 0.1) is 35.5 Å². The van der Waals surface area contributed by atoms with Gasteiger partial charge in [-0.25, -0.2) is 0 Å². The topological polar surface area (TPSA) is 99.5 Å². The number of ketones is 2. The number of anilines is 1. The summed E-state index contributed by atoms with van der Waals surface area (Å²) in [6, 6.07) is 1.75. The molecular formula is C29H40N2O4. The lowest BCUT2D eigenvalue weighted by Crippen LogP contribution is -2.58. The summed E-state index contributed by atoms with van der Waals surface area (Å²) in [5, 5.41) is 25.6. The molecule has 0 radical (unpaired) electrons. The van der Waals surface area contributed by atoms with Gasteiger partial charge in [0.15, 0.2) is 17.3 Å². The Labute approximate surface area is 208 Å². The van der Waals surface area contributed by atoms with Crippen molar-refractivity contribution in [2.45, 2.75) is 91.1 Å². The Kier molecular flexibility index (Phi) is 5.90. The van der Waals surface area contributed by atoms with Crippen molar-refractivity contribution in [2.24, 2.45) is 28.6 Å². The normalized spacial score (nSPS) is 38.3. The van der Waals surface area contributed by atoms with Gasteiger partial charge in [-0.3, -0.25) is 14.6 Å². The highest BCUT2D eigenvalue weighted by molar-refractivity contribution is 5.92. The van der Waals surface area contributed by atoms with E-state index in [4.69, 9.17) is 0 Å². The van der Waals surface area contributed by atoms with E-state index in [1.54, 1.807) is 6.07 Å². The van der Waals surface area contributed by atoms with Gasteiger partial charge in [-0.05, 0) is 93.6 Å². The Hall–Kier alpha value is -2.21. The standard InChI is InChI=1S/C29H40N2O4/c1-5-23-26(34)24(14-17(2)31-23)30-16-25(33)29(35)13-10-22-20-7-6-18-15-19(32)8-11-27(18,3)21(20)9-12-28(22,29)4/h14-15,20-22,34-35H,5-13,16H2,1-4H3,(H,30,31). The monoisotopic (exact) mass is 480 g/mol. The van der Waals surface area contributed by atoms with Crippen LogP contribution in [0.25, 0.3) is 0 Å². The second-order valence-electron chi connectivity index (χ2n) is 12.1. The van der Waals surface area contributed by atoms with Gasteiger partial charge in [0.2, 0.25) is 0 Å². The Morgan fingerprint density at radius 2 is 1.89 bits per heavy atom. The first-order valence-electron chi connectivity index (χ1n) is 13.5. The molecule has 3 N–H and O–H groups in total. The summed E-state index contributed by atoms with van der Waals surface area (Å²) in [5.74, 6) is 1.49. The molecule has 6 nitrogen and oxygen atoms in total. The Morgan fingerprint density at radius 1 is 1.14 bits per heavy atom. The van der Waals surface area contributed by atoms with E-state index >= 15 is 0 Å². The number of hydrogen-bond acceptors (Lipinski definition) is 6. The number of fused-ring (bicyclic) bond motifs is 5. The molecule has 0 spiro atoms. The highest BCUT2D eigenvalue weighted by Gasteiger charge is 2.66. The zero-order valence-electron chi connectivity index (χ0n) is 21.6. The zero-order valence-corrected chi connectivity index (χ0v) is 21.6. The summed E-state index contributed by atoms with van der Waals surface area (Å²) >= 11 is 0. The fourth-order valence-corrected chi connectivity index (χ4v) is 8.47. The van der Waals surface area contributed by atoms with Gasteiger partial charge in [-0.2, -0.15) is 0 Å². The summed E-state index contributed by atoms with van der Waals surface area (Å²) in [4.78, 5) is 30.0. The van der Waals surface area contributed by atoms with Crippen LogP contribution in [0.1, 0.15) is 83.5 Å². The van der Waals surface area contributed by atoms with Crippen LogP contribution < -0.4 is 5.32 Å². The molecule has 1 aromatic rings. The number of aromatic hydroxyl groups is 1. The van der Waals surface area contributed by atoms with E-state index in [0.717, 1.165) is 44.2 Å². The van der Waals surface area contributed by atoms with E-state index in [2.05, 4.69) is 24.1 Å². The summed E-state index contributed by atoms with van der Waals surface area (Å²) in [5.41, 5.74) is 1.50. The number of nitrogens with one attached hydrogen (secondary N) is 1. The first kappa shape index (κ1) is 24.5. The van der Waals surface area contributed by atoms with Gasteiger partial charge in [-0.1, -0.05) is 26.3 Å². The number of allylic oxidation sites excluding steroid dienone is 1. The molecule has 5 rings (SSSR count). The van der Waals surface area contributed by atoms with Gasteiger partial charge in [-0.15, -0.1) is 0 Å². The van der Waals surface area contributed by atoms with Crippen molar-refractivity contribution in [3.8, 4) is 5.75 Å². The lowest BCUT2D eigenvalue weighted by atomic mass is 9.46. The highest BCUT2D eigenvalue weighted by atomic mass is 16.3. The Bertz CT molecular complexity index is 1100. The van der Waals surface area contributed by atoms with Crippen LogP contribution in [0.4, 0.5) is 5.69 Å². The van der Waals surface area contributed by atoms with E-state index in [1.807, 2.05) is 19.9 Å². The molecule has 3 saturated carbocycles. The van der Waals surface area contributed by atoms with E-state index < -0.39 is 11.0 Å². The minimum absolute atomic E-state index is 0.0141. The number of pyridine rings is 1. The fraction of sp³-hybridized carbons (Fsp3) is 0.690. The van der Waals surface area contributed by atoms with Gasteiger partial charge in [0.25, 0.3) is 0 Å². The molecule has 0 saturated heterocycles. The van der Waals surface area contributed by atoms with Crippen LogP contribution >= 0.6 is 0 Å². The number of carbonyl (C=O) groups excluding carboxylic acids is 2. The van der Waals surface area contributed by atoms with Gasteiger partial charge in [0.1, 0.15) is 5.60 Å². The molecular weight excluding hydrogens is 440 g/mol. The van der Waals surface area contributed by atoms with Gasteiger partial charge in [0, 0.05) is 17.5 Å². The predicted octanol–water partition coefficient (Wildman–Crippen LogP) is 4.90. The fourth-order valence-electron chi connectivity index (χ4n) is 8.47. The number of aromatic nitrogens is 1. The molecule has 3 fully saturated rings. The molecule has 6 heteroatoms. The second-order valence-corrected chi connectivity index (χ2v) is 12.1. The summed E-state index contributed by atoms with van der Waals surface area (Å²) in [6.45, 7) is 8.28. The number of aliphatic hydroxyl groups is 1. The number of aryl methyl sites for hydroxylation is 2. The van der Waals surface area contributed by atoms with E-state index in [1.165, 1.54) is 5.57 Å². The van der Waals surface area contributed by atoms with Crippen molar-refractivity contribution in [3.63, 3.8) is 0 Å². The summed E-state index contributed by atoms with van der Waals surface area (Å²) < 4.78 is 0. The number of carbonyl (C=O) groups is 2. The largest absolute Gasteiger partial charge is 0.504 e. The van der Waals surface area contributed by atoms with Crippen LogP contribution in [-0.4, -0.2) is 38.9 Å². The third-order valence-corrected chi connectivity index (χ3v) is 10.5. The second kappa shape index (κ2) is 8.43. The molecule has 4 aliphatic carbocycles. The maximum Gasteiger partial charge on any atom is 0.183 e. The van der Waals surface area contributed by atoms with Crippen LogP contribution in [0.2, 0.25) is 0 Å². The molecule has 4 aliphatic rings. The number of Topliss-reactive ketones (excluding diaryl/α,β-unsaturated/α-hetero) is 1. The van der Waals surface area contributed by atoms with Crippen molar-refractivity contribution < 1.29 is 19.8 Å². The summed E-state index contributed by atoms with van der Waals surface area (Å²) in [6.07, 6.45) is 9.30. The number of hydrogen-bond donors (Lipinski definition) is 3. The van der Waals surface area contributed by atoms with Crippen molar-refractivity contribution in [1.29, 1.82) is 0 Å². The molecule has 1 heterocycles. The van der Waals surface area contributed by atoms with Crippen LogP contribution in [0.15, 0.2) is 17.7 Å². The minimum atomic E-state index is -1.36. The van der Waals surface area contributed by atoms with Crippen LogP contribution in [0.3, 0.4) is 0 Å². The molecule has 35 heavy (non-hydrogen) atoms. The SMILES string of the molecule is CCc1nc(C)cc(NCC(=O)C2(O)CCC3C4CCC5=CC(=O)CCC5(C)C4CCC32C)c1O. The molecule has 6 atom stereocenters. The molecule has 1 aromatic heterocycles. The third kappa shape index (κ3) is 3.58. The van der Waals surface area contributed by atoms with Crippen molar-refractivity contribution in [1.82, 2.24) is 4.98 Å². The minimum Gasteiger partial charge on any atom is -0.504 e. The van der Waals surface area contributed by atoms with Crippen LogP contribution in [-0.2, 0) is 16.0 Å². The Morgan fingerprint density at radius 3 is 2.63 bits per heavy atom. The van der Waals surface area contributed by atoms with Gasteiger partial charge in [0.05, 0.1) is 17.9 Å². The first-order chi connectivity index (χ1) is 16.5. The maximum atomic E-state index is 13.6. The highest BCUT2D eigenvalue weighted by Crippen LogP contribution is 2.67. The number of nitrogens with zero attached hydrogens (tertiary/aromatic N) is 1.